The van der Waals surface area contributed by atoms with Crippen LogP contribution in [-0.4, -0.2) is 34.2 Å². The van der Waals surface area contributed by atoms with E-state index in [0.717, 1.165) is 27.4 Å². The van der Waals surface area contributed by atoms with E-state index in [1.54, 1.807) is 35.9 Å². The van der Waals surface area contributed by atoms with Crippen LogP contribution in [0.3, 0.4) is 0 Å². The molecule has 2 N–H and O–H groups in total. The number of imide groups is 1. The summed E-state index contributed by atoms with van der Waals surface area (Å²) in [5.41, 5.74) is 5.17. The Labute approximate surface area is 200 Å². The first kappa shape index (κ1) is 21.8. The predicted octanol–water partition coefficient (Wildman–Crippen LogP) is 4.53. The summed E-state index contributed by atoms with van der Waals surface area (Å²) in [6.07, 6.45) is 2.23. The highest BCUT2D eigenvalue weighted by Gasteiger charge is 2.37. The van der Waals surface area contributed by atoms with E-state index in [4.69, 9.17) is 0 Å². The fourth-order valence-corrected chi connectivity index (χ4v) is 4.95. The van der Waals surface area contributed by atoms with Gasteiger partial charge < -0.3 is 10.3 Å². The number of aromatic amines is 1. The summed E-state index contributed by atoms with van der Waals surface area (Å²) in [6, 6.07) is 14.2. The molecule has 2 aromatic carbocycles. The number of imidazole rings is 1. The van der Waals surface area contributed by atoms with Gasteiger partial charge in [-0.2, -0.15) is 0 Å². The van der Waals surface area contributed by atoms with E-state index >= 15 is 0 Å². The van der Waals surface area contributed by atoms with Crippen LogP contribution in [0.2, 0.25) is 0 Å². The van der Waals surface area contributed by atoms with Crippen LogP contribution in [0.4, 0.5) is 5.69 Å². The molecular weight excluding hydrogens is 448 g/mol. The molecule has 0 aliphatic carbocycles. The van der Waals surface area contributed by atoms with Gasteiger partial charge >= 0.3 is 0 Å². The van der Waals surface area contributed by atoms with Gasteiger partial charge in [-0.1, -0.05) is 23.8 Å². The molecule has 2 aromatic heterocycles. The van der Waals surface area contributed by atoms with E-state index in [1.165, 1.54) is 11.0 Å². The van der Waals surface area contributed by atoms with Crippen molar-refractivity contribution >= 4 is 34.7 Å². The number of carbonyl (C=O) groups is 3. The van der Waals surface area contributed by atoms with Crippen molar-refractivity contribution in [3.63, 3.8) is 0 Å². The molecule has 0 fully saturated rings. The smallest absolute Gasteiger partial charge is 0.266 e. The third kappa shape index (κ3) is 3.82. The Morgan fingerprint density at radius 2 is 1.88 bits per heavy atom. The van der Waals surface area contributed by atoms with Crippen LogP contribution in [-0.2, 0) is 6.42 Å². The topological polar surface area (TPSA) is 95.2 Å². The molecule has 7 nitrogen and oxygen atoms in total. The largest absolute Gasteiger partial charge is 0.352 e. The van der Waals surface area contributed by atoms with Gasteiger partial charge in [-0.05, 0) is 55.1 Å². The number of fused-ring (bicyclic) bond motifs is 1. The zero-order valence-corrected chi connectivity index (χ0v) is 19.5. The monoisotopic (exact) mass is 470 g/mol. The lowest BCUT2D eigenvalue weighted by Gasteiger charge is -2.16. The summed E-state index contributed by atoms with van der Waals surface area (Å²) in [6.45, 7) is 4.23. The van der Waals surface area contributed by atoms with E-state index in [-0.39, 0.29) is 17.4 Å². The molecule has 3 heterocycles. The highest BCUT2D eigenvalue weighted by atomic mass is 32.1. The van der Waals surface area contributed by atoms with Gasteiger partial charge in [0.2, 0.25) is 0 Å². The van der Waals surface area contributed by atoms with Gasteiger partial charge in [0.15, 0.2) is 0 Å². The number of carbonyl (C=O) groups excluding carboxylic acids is 3. The van der Waals surface area contributed by atoms with Crippen molar-refractivity contribution in [3.05, 3.63) is 93.7 Å². The number of aryl methyl sites for hydroxylation is 2. The Bertz CT molecular complexity index is 1420. The first-order valence-corrected chi connectivity index (χ1v) is 11.8. The SMILES string of the molecule is Cc1ccc(N2C(=O)c3ccc(C(=O)NCCc4[nH]cnc4-c4cccs4)cc3C2=O)c(C)c1. The van der Waals surface area contributed by atoms with Crippen molar-refractivity contribution in [2.45, 2.75) is 20.3 Å². The number of hydrogen-bond donors (Lipinski definition) is 2. The fourth-order valence-electron chi connectivity index (χ4n) is 4.20. The second-order valence-electron chi connectivity index (χ2n) is 8.21. The van der Waals surface area contributed by atoms with Crippen LogP contribution < -0.4 is 10.2 Å². The summed E-state index contributed by atoms with van der Waals surface area (Å²) >= 11 is 1.61. The molecule has 0 saturated carbocycles. The molecule has 1 aliphatic heterocycles. The van der Waals surface area contributed by atoms with Crippen molar-refractivity contribution in [3.8, 4) is 10.6 Å². The minimum Gasteiger partial charge on any atom is -0.352 e. The third-order valence-corrected chi connectivity index (χ3v) is 6.75. The van der Waals surface area contributed by atoms with Crippen molar-refractivity contribution < 1.29 is 14.4 Å². The maximum atomic E-state index is 13.1. The minimum atomic E-state index is -0.417. The van der Waals surface area contributed by atoms with Gasteiger partial charge in [0.25, 0.3) is 17.7 Å². The van der Waals surface area contributed by atoms with E-state index in [9.17, 15) is 14.4 Å². The van der Waals surface area contributed by atoms with Crippen LogP contribution in [0, 0.1) is 13.8 Å². The van der Waals surface area contributed by atoms with Gasteiger partial charge in [-0.15, -0.1) is 11.3 Å². The summed E-state index contributed by atoms with van der Waals surface area (Å²) in [4.78, 5) is 48.6. The first-order valence-electron chi connectivity index (χ1n) is 10.9. The molecule has 0 atom stereocenters. The Kier molecular flexibility index (Phi) is 5.59. The lowest BCUT2D eigenvalue weighted by molar-refractivity contribution is 0.0923. The summed E-state index contributed by atoms with van der Waals surface area (Å²) in [7, 11) is 0. The molecule has 34 heavy (non-hydrogen) atoms. The first-order chi connectivity index (χ1) is 16.4. The van der Waals surface area contributed by atoms with Crippen molar-refractivity contribution in [1.82, 2.24) is 15.3 Å². The number of anilines is 1. The molecule has 8 heteroatoms. The lowest BCUT2D eigenvalue weighted by Crippen LogP contribution is -2.30. The Morgan fingerprint density at radius 3 is 2.65 bits per heavy atom. The molecule has 5 rings (SSSR count). The Morgan fingerprint density at radius 1 is 1.06 bits per heavy atom. The number of nitrogens with zero attached hydrogens (tertiary/aromatic N) is 2. The molecule has 0 spiro atoms. The Balaban J connectivity index is 1.30. The highest BCUT2D eigenvalue weighted by molar-refractivity contribution is 7.13. The van der Waals surface area contributed by atoms with E-state index in [0.29, 0.717) is 29.8 Å². The van der Waals surface area contributed by atoms with E-state index in [1.807, 2.05) is 43.5 Å². The third-order valence-electron chi connectivity index (χ3n) is 5.88. The number of benzene rings is 2. The molecule has 0 bridgehead atoms. The van der Waals surface area contributed by atoms with Crippen molar-refractivity contribution in [2.75, 3.05) is 11.4 Å². The zero-order valence-electron chi connectivity index (χ0n) is 18.7. The number of aromatic nitrogens is 2. The van der Waals surface area contributed by atoms with Crippen LogP contribution in [0.15, 0.2) is 60.2 Å². The number of nitrogens with one attached hydrogen (secondary N) is 2. The van der Waals surface area contributed by atoms with Gasteiger partial charge in [0.05, 0.1) is 28.0 Å². The van der Waals surface area contributed by atoms with Crippen molar-refractivity contribution in [2.24, 2.45) is 0 Å². The maximum absolute atomic E-state index is 13.1. The number of thiophene rings is 1. The number of hydrogen-bond acceptors (Lipinski definition) is 5. The summed E-state index contributed by atoms with van der Waals surface area (Å²) in [5, 5.41) is 4.89. The van der Waals surface area contributed by atoms with Crippen LogP contribution >= 0.6 is 11.3 Å². The molecule has 1 aliphatic rings. The normalized spacial score (nSPS) is 12.8. The minimum absolute atomic E-state index is 0.242. The van der Waals surface area contributed by atoms with E-state index < -0.39 is 5.91 Å². The average Bonchev–Trinajstić information content (AvgIpc) is 3.55. The van der Waals surface area contributed by atoms with Crippen LogP contribution in [0.25, 0.3) is 10.6 Å². The van der Waals surface area contributed by atoms with Gasteiger partial charge in [-0.3, -0.25) is 14.4 Å². The maximum Gasteiger partial charge on any atom is 0.266 e. The summed E-state index contributed by atoms with van der Waals surface area (Å²) in [5.74, 6) is -1.09. The number of amides is 3. The van der Waals surface area contributed by atoms with Gasteiger partial charge in [0, 0.05) is 24.2 Å². The van der Waals surface area contributed by atoms with Gasteiger partial charge in [-0.25, -0.2) is 9.88 Å². The van der Waals surface area contributed by atoms with Crippen LogP contribution in [0.1, 0.15) is 47.9 Å². The second kappa shape index (κ2) is 8.72. The fraction of sp³-hybridized carbons (Fsp3) is 0.154. The summed E-state index contributed by atoms with van der Waals surface area (Å²) < 4.78 is 0. The van der Waals surface area contributed by atoms with Gasteiger partial charge in [0.1, 0.15) is 5.69 Å². The zero-order chi connectivity index (χ0) is 23.8. The average molecular weight is 471 g/mol. The van der Waals surface area contributed by atoms with E-state index in [2.05, 4.69) is 15.3 Å². The quantitative estimate of drug-likeness (QED) is 0.405. The predicted molar refractivity (Wildman–Crippen MR) is 131 cm³/mol. The number of rotatable bonds is 6. The molecule has 170 valence electrons. The number of H-pyrrole nitrogens is 1. The van der Waals surface area contributed by atoms with Crippen molar-refractivity contribution in [1.29, 1.82) is 0 Å². The molecule has 0 unspecified atom stereocenters. The highest BCUT2D eigenvalue weighted by Crippen LogP contribution is 2.31. The standard InChI is InChI=1S/C26H22N4O3S/c1-15-5-8-21(16(2)12-15)30-25(32)18-7-6-17(13-19(18)26(30)33)24(31)27-10-9-20-23(29-14-28-20)22-4-3-11-34-22/h3-8,11-14H,9-10H2,1-2H3,(H,27,31)(H,28,29). The second-order valence-corrected chi connectivity index (χ2v) is 9.16. The molecule has 4 aromatic rings. The molecular formula is C26H22N4O3S. The Hall–Kier alpha value is -4.04. The lowest BCUT2D eigenvalue weighted by atomic mass is 10.1. The molecule has 3 amide bonds. The molecule has 0 radical (unpaired) electrons. The molecule has 0 saturated heterocycles. The van der Waals surface area contributed by atoms with Crippen LogP contribution in [0.5, 0.6) is 0 Å².